The molecule has 140 valence electrons. The lowest BCUT2D eigenvalue weighted by molar-refractivity contribution is 0.262. The molecular formula is C22H19ClN4O. The second-order valence-corrected chi connectivity index (χ2v) is 6.87. The van der Waals surface area contributed by atoms with E-state index in [2.05, 4.69) is 20.6 Å². The van der Waals surface area contributed by atoms with Crippen molar-refractivity contribution in [3.63, 3.8) is 0 Å². The molecule has 0 aliphatic rings. The number of aromatic amines is 1. The number of amides is 2. The van der Waals surface area contributed by atoms with Crippen molar-refractivity contribution in [2.75, 3.05) is 10.6 Å². The van der Waals surface area contributed by atoms with Crippen molar-refractivity contribution >= 4 is 40.0 Å². The van der Waals surface area contributed by atoms with Gasteiger partial charge in [0.15, 0.2) is 0 Å². The number of fused-ring (bicyclic) bond motifs is 1. The third-order valence-electron chi connectivity index (χ3n) is 4.40. The SMILES string of the molecule is O=C(Nc1cccc(CCc2nc3ccccc3[nH]2)c1)Nc1ccccc1Cl. The predicted octanol–water partition coefficient (Wildman–Crippen LogP) is 5.65. The number of para-hydroxylation sites is 3. The molecule has 0 atom stereocenters. The Morgan fingerprint density at radius 1 is 0.929 bits per heavy atom. The Morgan fingerprint density at radius 3 is 2.61 bits per heavy atom. The standard InChI is InChI=1S/C22H19ClN4O/c23-17-8-1-2-9-18(17)27-22(28)24-16-7-5-6-15(14-16)12-13-21-25-19-10-3-4-11-20(19)26-21/h1-11,14H,12-13H2,(H,25,26)(H2,24,27,28). The maximum atomic E-state index is 12.2. The fraction of sp³-hybridized carbons (Fsp3) is 0.0909. The van der Waals surface area contributed by atoms with E-state index in [0.717, 1.165) is 41.0 Å². The number of hydrogen-bond acceptors (Lipinski definition) is 2. The molecule has 0 unspecified atom stereocenters. The van der Waals surface area contributed by atoms with Crippen LogP contribution < -0.4 is 10.6 Å². The minimum atomic E-state index is -0.331. The molecule has 0 saturated heterocycles. The van der Waals surface area contributed by atoms with Gasteiger partial charge in [0.2, 0.25) is 0 Å². The van der Waals surface area contributed by atoms with E-state index in [1.807, 2.05) is 60.7 Å². The summed E-state index contributed by atoms with van der Waals surface area (Å²) < 4.78 is 0. The van der Waals surface area contributed by atoms with Gasteiger partial charge in [-0.15, -0.1) is 0 Å². The Balaban J connectivity index is 1.38. The molecule has 5 nitrogen and oxygen atoms in total. The van der Waals surface area contributed by atoms with Crippen LogP contribution in [0.25, 0.3) is 11.0 Å². The van der Waals surface area contributed by atoms with E-state index in [1.165, 1.54) is 0 Å². The number of rotatable bonds is 5. The Hall–Kier alpha value is -3.31. The molecule has 3 N–H and O–H groups in total. The van der Waals surface area contributed by atoms with Crippen LogP contribution in [0.4, 0.5) is 16.2 Å². The number of anilines is 2. The lowest BCUT2D eigenvalue weighted by atomic mass is 10.1. The average Bonchev–Trinajstić information content (AvgIpc) is 3.11. The Kier molecular flexibility index (Phi) is 5.26. The summed E-state index contributed by atoms with van der Waals surface area (Å²) in [6, 6.07) is 22.6. The van der Waals surface area contributed by atoms with E-state index in [-0.39, 0.29) is 6.03 Å². The second-order valence-electron chi connectivity index (χ2n) is 6.46. The number of hydrogen-bond donors (Lipinski definition) is 3. The number of carbonyl (C=O) groups excluding carboxylic acids is 1. The van der Waals surface area contributed by atoms with Crippen molar-refractivity contribution < 1.29 is 4.79 Å². The number of imidazole rings is 1. The van der Waals surface area contributed by atoms with Crippen LogP contribution in [0.1, 0.15) is 11.4 Å². The molecule has 4 rings (SSSR count). The van der Waals surface area contributed by atoms with Crippen molar-refractivity contribution in [2.24, 2.45) is 0 Å². The zero-order valence-corrected chi connectivity index (χ0v) is 15.8. The summed E-state index contributed by atoms with van der Waals surface area (Å²) in [6.45, 7) is 0. The lowest BCUT2D eigenvalue weighted by Gasteiger charge is -2.10. The number of halogens is 1. The van der Waals surface area contributed by atoms with Gasteiger partial charge in [-0.1, -0.05) is 48.0 Å². The molecule has 0 aliphatic heterocycles. The predicted molar refractivity (Wildman–Crippen MR) is 114 cm³/mol. The molecule has 0 bridgehead atoms. The zero-order chi connectivity index (χ0) is 19.3. The van der Waals surface area contributed by atoms with E-state index in [1.54, 1.807) is 12.1 Å². The Labute approximate surface area is 167 Å². The van der Waals surface area contributed by atoms with E-state index in [4.69, 9.17) is 11.6 Å². The highest BCUT2D eigenvalue weighted by molar-refractivity contribution is 6.33. The van der Waals surface area contributed by atoms with Crippen molar-refractivity contribution in [1.29, 1.82) is 0 Å². The summed E-state index contributed by atoms with van der Waals surface area (Å²) in [4.78, 5) is 20.2. The molecule has 0 radical (unpaired) electrons. The van der Waals surface area contributed by atoms with Gasteiger partial charge in [-0.05, 0) is 48.4 Å². The molecule has 4 aromatic rings. The van der Waals surface area contributed by atoms with Crippen LogP contribution in [0.15, 0.2) is 72.8 Å². The average molecular weight is 391 g/mol. The molecule has 1 aromatic heterocycles. The lowest BCUT2D eigenvalue weighted by Crippen LogP contribution is -2.19. The van der Waals surface area contributed by atoms with Crippen LogP contribution in [-0.2, 0) is 12.8 Å². The quantitative estimate of drug-likeness (QED) is 0.412. The summed E-state index contributed by atoms with van der Waals surface area (Å²) in [7, 11) is 0. The largest absolute Gasteiger partial charge is 0.342 e. The Morgan fingerprint density at radius 2 is 1.75 bits per heavy atom. The van der Waals surface area contributed by atoms with Crippen molar-refractivity contribution in [3.8, 4) is 0 Å². The second kappa shape index (κ2) is 8.15. The number of carbonyl (C=O) groups is 1. The van der Waals surface area contributed by atoms with Gasteiger partial charge in [-0.2, -0.15) is 0 Å². The fourth-order valence-corrected chi connectivity index (χ4v) is 3.22. The van der Waals surface area contributed by atoms with Gasteiger partial charge in [0.25, 0.3) is 0 Å². The van der Waals surface area contributed by atoms with Crippen LogP contribution in [-0.4, -0.2) is 16.0 Å². The summed E-state index contributed by atoms with van der Waals surface area (Å²) in [5, 5.41) is 6.10. The first-order valence-corrected chi connectivity index (χ1v) is 9.40. The van der Waals surface area contributed by atoms with Crippen LogP contribution in [0.3, 0.4) is 0 Å². The number of benzene rings is 3. The number of aromatic nitrogens is 2. The minimum absolute atomic E-state index is 0.331. The normalized spacial score (nSPS) is 10.8. The van der Waals surface area contributed by atoms with Gasteiger partial charge in [-0.3, -0.25) is 0 Å². The highest BCUT2D eigenvalue weighted by atomic mass is 35.5. The maximum Gasteiger partial charge on any atom is 0.323 e. The Bertz CT molecular complexity index is 1090. The van der Waals surface area contributed by atoms with E-state index in [0.29, 0.717) is 10.7 Å². The number of nitrogens with one attached hydrogen (secondary N) is 3. The van der Waals surface area contributed by atoms with Gasteiger partial charge in [-0.25, -0.2) is 9.78 Å². The van der Waals surface area contributed by atoms with Crippen molar-refractivity contribution in [2.45, 2.75) is 12.8 Å². The molecule has 28 heavy (non-hydrogen) atoms. The monoisotopic (exact) mass is 390 g/mol. The number of aryl methyl sites for hydroxylation is 2. The molecule has 1 heterocycles. The topological polar surface area (TPSA) is 69.8 Å². The number of urea groups is 1. The summed E-state index contributed by atoms with van der Waals surface area (Å²) in [6.07, 6.45) is 1.62. The van der Waals surface area contributed by atoms with Gasteiger partial charge < -0.3 is 15.6 Å². The summed E-state index contributed by atoms with van der Waals surface area (Å²) in [5.74, 6) is 0.955. The molecule has 0 fully saturated rings. The van der Waals surface area contributed by atoms with Crippen LogP contribution >= 0.6 is 11.6 Å². The first-order chi connectivity index (χ1) is 13.7. The van der Waals surface area contributed by atoms with E-state index < -0.39 is 0 Å². The molecular weight excluding hydrogens is 372 g/mol. The maximum absolute atomic E-state index is 12.2. The third-order valence-corrected chi connectivity index (χ3v) is 4.73. The van der Waals surface area contributed by atoms with Crippen LogP contribution in [0.2, 0.25) is 5.02 Å². The number of H-pyrrole nitrogens is 1. The highest BCUT2D eigenvalue weighted by Crippen LogP contribution is 2.21. The smallest absolute Gasteiger partial charge is 0.323 e. The van der Waals surface area contributed by atoms with Crippen molar-refractivity contribution in [3.05, 3.63) is 89.2 Å². The third kappa shape index (κ3) is 4.32. The summed E-state index contributed by atoms with van der Waals surface area (Å²) in [5.41, 5.74) is 4.44. The van der Waals surface area contributed by atoms with Gasteiger partial charge in [0.1, 0.15) is 5.82 Å². The zero-order valence-electron chi connectivity index (χ0n) is 15.1. The molecule has 0 spiro atoms. The van der Waals surface area contributed by atoms with Crippen LogP contribution in [0.5, 0.6) is 0 Å². The first-order valence-electron chi connectivity index (χ1n) is 9.02. The van der Waals surface area contributed by atoms with Crippen LogP contribution in [0, 0.1) is 0 Å². The molecule has 0 saturated carbocycles. The first kappa shape index (κ1) is 18.1. The minimum Gasteiger partial charge on any atom is -0.342 e. The summed E-state index contributed by atoms with van der Waals surface area (Å²) >= 11 is 6.07. The number of nitrogens with zero attached hydrogens (tertiary/aromatic N) is 1. The van der Waals surface area contributed by atoms with Gasteiger partial charge in [0, 0.05) is 12.1 Å². The highest BCUT2D eigenvalue weighted by Gasteiger charge is 2.07. The van der Waals surface area contributed by atoms with Crippen molar-refractivity contribution in [1.82, 2.24) is 9.97 Å². The van der Waals surface area contributed by atoms with E-state index in [9.17, 15) is 4.79 Å². The van der Waals surface area contributed by atoms with Gasteiger partial charge in [0.05, 0.1) is 21.7 Å². The molecule has 2 amide bonds. The van der Waals surface area contributed by atoms with Gasteiger partial charge >= 0.3 is 6.03 Å². The molecule has 0 aliphatic carbocycles. The van der Waals surface area contributed by atoms with E-state index >= 15 is 0 Å². The fourth-order valence-electron chi connectivity index (χ4n) is 3.04. The molecule has 3 aromatic carbocycles. The molecule has 6 heteroatoms.